The number of rotatable bonds is 6. The Hall–Kier alpha value is -2.36. The minimum Gasteiger partial charge on any atom is -0.481 e. The van der Waals surface area contributed by atoms with Crippen LogP contribution in [0.5, 0.6) is 5.75 Å². The molecule has 0 unspecified atom stereocenters. The topological polar surface area (TPSA) is 51.2 Å². The van der Waals surface area contributed by atoms with E-state index in [0.717, 1.165) is 11.3 Å². The molecule has 1 amide bonds. The number of hydrogen-bond acceptors (Lipinski definition) is 3. The van der Waals surface area contributed by atoms with Gasteiger partial charge < -0.3 is 10.1 Å². The van der Waals surface area contributed by atoms with Crippen LogP contribution >= 0.6 is 0 Å². The number of nitrogens with zero attached hydrogens (tertiary/aromatic N) is 1. The van der Waals surface area contributed by atoms with E-state index in [4.69, 9.17) is 4.74 Å². The van der Waals surface area contributed by atoms with Crippen molar-refractivity contribution >= 4 is 5.91 Å². The summed E-state index contributed by atoms with van der Waals surface area (Å²) in [5.74, 6) is 1.06. The maximum Gasteiger partial charge on any atom is 0.261 e. The molecule has 0 saturated carbocycles. The lowest BCUT2D eigenvalue weighted by Crippen LogP contribution is -2.37. The highest BCUT2D eigenvalue weighted by Gasteiger charge is 2.18. The van der Waals surface area contributed by atoms with Crippen LogP contribution in [0.15, 0.2) is 42.7 Å². The lowest BCUT2D eigenvalue weighted by Gasteiger charge is -2.20. The second kappa shape index (κ2) is 7.95. The third-order valence-corrected chi connectivity index (χ3v) is 4.11. The van der Waals surface area contributed by atoms with Crippen molar-refractivity contribution in [1.82, 2.24) is 10.3 Å². The Labute approximate surface area is 144 Å². The van der Waals surface area contributed by atoms with E-state index in [1.54, 1.807) is 19.3 Å². The molecular weight excluding hydrogens is 300 g/mol. The summed E-state index contributed by atoms with van der Waals surface area (Å²) in [5.41, 5.74) is 3.49. The number of carbonyl (C=O) groups is 1. The largest absolute Gasteiger partial charge is 0.481 e. The molecule has 4 heteroatoms. The van der Waals surface area contributed by atoms with Crippen LogP contribution in [0.25, 0.3) is 0 Å². The predicted molar refractivity (Wildman–Crippen MR) is 96.2 cm³/mol. The fourth-order valence-corrected chi connectivity index (χ4v) is 2.69. The summed E-state index contributed by atoms with van der Waals surface area (Å²) in [6.45, 7) is 10.1. The first kappa shape index (κ1) is 18.0. The Balaban J connectivity index is 1.98. The molecule has 0 aliphatic rings. The summed E-state index contributed by atoms with van der Waals surface area (Å²) in [7, 11) is 0. The molecule has 0 radical (unpaired) electrons. The molecule has 0 aliphatic heterocycles. The first-order valence-corrected chi connectivity index (χ1v) is 8.36. The average Bonchev–Trinajstić information content (AvgIpc) is 2.55. The van der Waals surface area contributed by atoms with Crippen molar-refractivity contribution in [2.75, 3.05) is 0 Å². The maximum absolute atomic E-state index is 12.3. The molecule has 0 bridgehead atoms. The van der Waals surface area contributed by atoms with Crippen LogP contribution < -0.4 is 10.1 Å². The van der Waals surface area contributed by atoms with Gasteiger partial charge >= 0.3 is 0 Å². The molecule has 1 aromatic heterocycles. The van der Waals surface area contributed by atoms with Crippen LogP contribution in [0.1, 0.15) is 56.3 Å². The molecule has 0 aliphatic carbocycles. The molecule has 128 valence electrons. The number of aryl methyl sites for hydroxylation is 1. The zero-order valence-electron chi connectivity index (χ0n) is 15.0. The highest BCUT2D eigenvalue weighted by molar-refractivity contribution is 5.81. The van der Waals surface area contributed by atoms with E-state index in [0.29, 0.717) is 5.92 Å². The first-order valence-electron chi connectivity index (χ1n) is 8.36. The number of ether oxygens (including phenoxy) is 1. The van der Waals surface area contributed by atoms with Crippen molar-refractivity contribution in [3.05, 3.63) is 59.4 Å². The van der Waals surface area contributed by atoms with Crippen molar-refractivity contribution in [2.45, 2.75) is 52.7 Å². The van der Waals surface area contributed by atoms with Gasteiger partial charge in [0.15, 0.2) is 6.10 Å². The van der Waals surface area contributed by atoms with E-state index >= 15 is 0 Å². The van der Waals surface area contributed by atoms with Crippen LogP contribution in [0.2, 0.25) is 0 Å². The summed E-state index contributed by atoms with van der Waals surface area (Å²) >= 11 is 0. The maximum atomic E-state index is 12.3. The van der Waals surface area contributed by atoms with E-state index in [1.807, 2.05) is 31.2 Å². The highest BCUT2D eigenvalue weighted by Crippen LogP contribution is 2.24. The van der Waals surface area contributed by atoms with E-state index in [1.165, 1.54) is 11.1 Å². The van der Waals surface area contributed by atoms with E-state index in [2.05, 4.69) is 37.1 Å². The monoisotopic (exact) mass is 326 g/mol. The Bertz CT molecular complexity index is 683. The Kier molecular flexibility index (Phi) is 5.96. The molecule has 2 atom stereocenters. The molecule has 0 saturated heterocycles. The number of carbonyl (C=O) groups excluding carboxylic acids is 1. The van der Waals surface area contributed by atoms with Gasteiger partial charge in [-0.15, -0.1) is 0 Å². The molecule has 1 N–H and O–H groups in total. The van der Waals surface area contributed by atoms with Crippen LogP contribution in [0.4, 0.5) is 0 Å². The van der Waals surface area contributed by atoms with Crippen molar-refractivity contribution in [1.29, 1.82) is 0 Å². The second-order valence-electron chi connectivity index (χ2n) is 6.44. The van der Waals surface area contributed by atoms with Gasteiger partial charge in [0.25, 0.3) is 5.91 Å². The summed E-state index contributed by atoms with van der Waals surface area (Å²) in [6, 6.07) is 9.69. The molecular formula is C20H26N2O2. The van der Waals surface area contributed by atoms with Gasteiger partial charge in [0, 0.05) is 12.4 Å². The van der Waals surface area contributed by atoms with E-state index in [-0.39, 0.29) is 11.9 Å². The Morgan fingerprint density at radius 3 is 2.33 bits per heavy atom. The smallest absolute Gasteiger partial charge is 0.261 e. The van der Waals surface area contributed by atoms with Crippen molar-refractivity contribution in [3.8, 4) is 5.75 Å². The summed E-state index contributed by atoms with van der Waals surface area (Å²) < 4.78 is 5.80. The van der Waals surface area contributed by atoms with Crippen molar-refractivity contribution < 1.29 is 9.53 Å². The van der Waals surface area contributed by atoms with Gasteiger partial charge in [-0.1, -0.05) is 19.9 Å². The van der Waals surface area contributed by atoms with Gasteiger partial charge in [0.05, 0.1) is 6.04 Å². The standard InChI is InChI=1S/C20H26N2O2/c1-13(2)19-7-6-18(12-14(19)3)24-16(5)20(23)22-15(4)17-8-10-21-11-9-17/h6-13,15-16H,1-5H3,(H,22,23)/t15-,16-/m0/s1. The van der Waals surface area contributed by atoms with Crippen LogP contribution in [-0.4, -0.2) is 17.0 Å². The number of hydrogen-bond donors (Lipinski definition) is 1. The Morgan fingerprint density at radius 1 is 1.08 bits per heavy atom. The lowest BCUT2D eigenvalue weighted by molar-refractivity contribution is -0.127. The molecule has 2 aromatic rings. The normalized spacial score (nSPS) is 13.4. The summed E-state index contributed by atoms with van der Waals surface area (Å²) in [5, 5.41) is 2.97. The molecule has 0 fully saturated rings. The van der Waals surface area contributed by atoms with Gasteiger partial charge in [-0.05, 0) is 67.6 Å². The number of amides is 1. The molecule has 2 rings (SSSR count). The highest BCUT2D eigenvalue weighted by atomic mass is 16.5. The molecule has 24 heavy (non-hydrogen) atoms. The van der Waals surface area contributed by atoms with Crippen molar-refractivity contribution in [3.63, 3.8) is 0 Å². The second-order valence-corrected chi connectivity index (χ2v) is 6.44. The zero-order valence-corrected chi connectivity index (χ0v) is 15.0. The third-order valence-electron chi connectivity index (χ3n) is 4.11. The minimum absolute atomic E-state index is 0.0865. The molecule has 0 spiro atoms. The quantitative estimate of drug-likeness (QED) is 0.867. The average molecular weight is 326 g/mol. The third kappa shape index (κ3) is 4.57. The molecule has 1 heterocycles. The fraction of sp³-hybridized carbons (Fsp3) is 0.400. The van der Waals surface area contributed by atoms with Gasteiger partial charge in [-0.3, -0.25) is 9.78 Å². The van der Waals surface area contributed by atoms with Gasteiger partial charge in [-0.25, -0.2) is 0 Å². The Morgan fingerprint density at radius 2 is 1.75 bits per heavy atom. The number of aromatic nitrogens is 1. The zero-order chi connectivity index (χ0) is 17.7. The SMILES string of the molecule is Cc1cc(O[C@@H](C)C(=O)N[C@@H](C)c2ccncc2)ccc1C(C)C. The number of pyridine rings is 1. The lowest BCUT2D eigenvalue weighted by atomic mass is 9.98. The van der Waals surface area contributed by atoms with Crippen LogP contribution in [0.3, 0.4) is 0 Å². The number of nitrogens with one attached hydrogen (secondary N) is 1. The minimum atomic E-state index is -0.557. The predicted octanol–water partition coefficient (Wildman–Crippen LogP) is 4.16. The fourth-order valence-electron chi connectivity index (χ4n) is 2.69. The van der Waals surface area contributed by atoms with Gasteiger partial charge in [0.1, 0.15) is 5.75 Å². The van der Waals surface area contributed by atoms with Crippen LogP contribution in [0, 0.1) is 6.92 Å². The van der Waals surface area contributed by atoms with E-state index in [9.17, 15) is 4.79 Å². The number of benzene rings is 1. The summed E-state index contributed by atoms with van der Waals surface area (Å²) in [4.78, 5) is 16.3. The molecule has 1 aromatic carbocycles. The van der Waals surface area contributed by atoms with Gasteiger partial charge in [0.2, 0.25) is 0 Å². The van der Waals surface area contributed by atoms with Crippen molar-refractivity contribution in [2.24, 2.45) is 0 Å². The molecule has 4 nitrogen and oxygen atoms in total. The van der Waals surface area contributed by atoms with Gasteiger partial charge in [-0.2, -0.15) is 0 Å². The first-order chi connectivity index (χ1) is 11.4. The summed E-state index contributed by atoms with van der Waals surface area (Å²) in [6.07, 6.45) is 2.88. The van der Waals surface area contributed by atoms with E-state index < -0.39 is 6.10 Å². The van der Waals surface area contributed by atoms with Crippen LogP contribution in [-0.2, 0) is 4.79 Å².